The van der Waals surface area contributed by atoms with E-state index in [0.717, 1.165) is 24.4 Å². The third kappa shape index (κ3) is 3.28. The van der Waals surface area contributed by atoms with Crippen molar-refractivity contribution in [2.24, 2.45) is 0 Å². The molecule has 0 saturated heterocycles. The van der Waals surface area contributed by atoms with E-state index >= 15 is 0 Å². The van der Waals surface area contributed by atoms with Gasteiger partial charge in [-0.25, -0.2) is 0 Å². The maximum atomic E-state index is 12.3. The number of aromatic nitrogens is 2. The molecule has 0 saturated carbocycles. The van der Waals surface area contributed by atoms with Crippen LogP contribution in [0, 0.1) is 0 Å². The second-order valence-corrected chi connectivity index (χ2v) is 6.21. The van der Waals surface area contributed by atoms with E-state index in [2.05, 4.69) is 39.9 Å². The van der Waals surface area contributed by atoms with Gasteiger partial charge in [-0.2, -0.15) is 0 Å². The van der Waals surface area contributed by atoms with Crippen LogP contribution in [-0.4, -0.2) is 22.1 Å². The third-order valence-electron chi connectivity index (χ3n) is 3.56. The number of carbonyl (C=O) groups excluding carboxylic acids is 1. The molecule has 3 rings (SSSR count). The van der Waals surface area contributed by atoms with Crippen molar-refractivity contribution in [1.82, 2.24) is 15.5 Å². The second kappa shape index (κ2) is 6.32. The van der Waals surface area contributed by atoms with Crippen molar-refractivity contribution in [1.29, 1.82) is 0 Å². The summed E-state index contributed by atoms with van der Waals surface area (Å²) in [5.41, 5.74) is 2.50. The minimum absolute atomic E-state index is 0.0382. The molecule has 5 nitrogen and oxygen atoms in total. The van der Waals surface area contributed by atoms with Gasteiger partial charge in [0.25, 0.3) is 0 Å². The first-order valence-corrected chi connectivity index (χ1v) is 8.01. The van der Waals surface area contributed by atoms with Crippen molar-refractivity contribution in [3.05, 3.63) is 40.4 Å². The number of hydrogen-bond acceptors (Lipinski definition) is 5. The lowest BCUT2D eigenvalue weighted by Crippen LogP contribution is -2.44. The molecule has 6 heteroatoms. The summed E-state index contributed by atoms with van der Waals surface area (Å²) in [6, 6.07) is 8.01. The Bertz CT molecular complexity index is 640. The molecule has 0 fully saturated rings. The number of aryl methyl sites for hydroxylation is 1. The van der Waals surface area contributed by atoms with Crippen molar-refractivity contribution in [2.75, 3.05) is 5.32 Å². The first-order chi connectivity index (χ1) is 10.3. The van der Waals surface area contributed by atoms with Crippen LogP contribution >= 0.6 is 11.3 Å². The van der Waals surface area contributed by atoms with Crippen molar-refractivity contribution >= 4 is 22.4 Å². The minimum Gasteiger partial charge on any atom is -0.301 e. The lowest BCUT2D eigenvalue weighted by atomic mass is 9.95. The van der Waals surface area contributed by atoms with Gasteiger partial charge >= 0.3 is 0 Å². The van der Waals surface area contributed by atoms with E-state index in [1.165, 1.54) is 22.5 Å². The number of amides is 1. The van der Waals surface area contributed by atoms with E-state index in [1.807, 2.05) is 12.1 Å². The predicted molar refractivity (Wildman–Crippen MR) is 83.3 cm³/mol. The van der Waals surface area contributed by atoms with E-state index in [0.29, 0.717) is 11.6 Å². The van der Waals surface area contributed by atoms with Crippen LogP contribution in [-0.2, 0) is 24.2 Å². The molecule has 0 radical (unpaired) electrons. The van der Waals surface area contributed by atoms with Crippen LogP contribution in [0.3, 0.4) is 0 Å². The molecule has 1 atom stereocenters. The first-order valence-electron chi connectivity index (χ1n) is 7.19. The second-order valence-electron chi connectivity index (χ2n) is 5.15. The van der Waals surface area contributed by atoms with Crippen molar-refractivity contribution < 1.29 is 4.79 Å². The van der Waals surface area contributed by atoms with E-state index in [1.54, 1.807) is 0 Å². The zero-order valence-corrected chi connectivity index (χ0v) is 12.7. The number of nitrogens with one attached hydrogen (secondary N) is 2. The summed E-state index contributed by atoms with van der Waals surface area (Å²) in [5, 5.41) is 15.8. The molecule has 0 bridgehead atoms. The average molecular weight is 302 g/mol. The summed E-state index contributed by atoms with van der Waals surface area (Å²) in [6.07, 6.45) is 2.65. The molecule has 2 heterocycles. The van der Waals surface area contributed by atoms with Crippen LogP contribution in [0.1, 0.15) is 29.5 Å². The molecule has 1 amide bonds. The van der Waals surface area contributed by atoms with Crippen LogP contribution in [0.2, 0.25) is 0 Å². The largest absolute Gasteiger partial charge is 0.301 e. The van der Waals surface area contributed by atoms with Gasteiger partial charge in [0.1, 0.15) is 5.01 Å². The number of rotatable bonds is 4. The number of benzene rings is 1. The summed E-state index contributed by atoms with van der Waals surface area (Å²) < 4.78 is 0. The molecule has 21 heavy (non-hydrogen) atoms. The molecule has 2 aromatic rings. The fraction of sp³-hybridized carbons (Fsp3) is 0.400. The van der Waals surface area contributed by atoms with Gasteiger partial charge in [0.05, 0.1) is 6.04 Å². The topological polar surface area (TPSA) is 66.9 Å². The predicted octanol–water partition coefficient (Wildman–Crippen LogP) is 2.14. The summed E-state index contributed by atoms with van der Waals surface area (Å²) >= 11 is 1.45. The Morgan fingerprint density at radius 2 is 2.19 bits per heavy atom. The lowest BCUT2D eigenvalue weighted by Gasteiger charge is -2.24. The molecule has 1 unspecified atom stereocenters. The smallest absolute Gasteiger partial charge is 0.243 e. The van der Waals surface area contributed by atoms with Gasteiger partial charge in [0, 0.05) is 13.0 Å². The molecule has 0 spiro atoms. The molecule has 1 aliphatic rings. The van der Waals surface area contributed by atoms with Gasteiger partial charge in [-0.05, 0) is 24.0 Å². The van der Waals surface area contributed by atoms with Crippen molar-refractivity contribution in [2.45, 2.75) is 38.8 Å². The highest BCUT2D eigenvalue weighted by Gasteiger charge is 2.24. The first kappa shape index (κ1) is 14.2. The Labute approximate surface area is 127 Å². The van der Waals surface area contributed by atoms with Crippen LogP contribution < -0.4 is 10.6 Å². The number of nitrogens with zero attached hydrogens (tertiary/aromatic N) is 2. The summed E-state index contributed by atoms with van der Waals surface area (Å²) in [6.45, 7) is 2.83. The molecule has 0 aliphatic carbocycles. The Morgan fingerprint density at radius 1 is 1.38 bits per heavy atom. The SMILES string of the molecule is CCCc1nnc(NC(=O)C2Cc3ccccc3CN2)s1. The normalized spacial score (nSPS) is 17.3. The maximum absolute atomic E-state index is 12.3. The standard InChI is InChI=1S/C15H18N4OS/c1-2-5-13-18-19-15(21-13)17-14(20)12-8-10-6-3-4-7-11(10)9-16-12/h3-4,6-7,12,16H,2,5,8-9H2,1H3,(H,17,19,20). The molecule has 1 aromatic carbocycles. The maximum Gasteiger partial charge on any atom is 0.243 e. The van der Waals surface area contributed by atoms with Gasteiger partial charge in [0.15, 0.2) is 0 Å². The molecule has 1 aromatic heterocycles. The quantitative estimate of drug-likeness (QED) is 0.908. The summed E-state index contributed by atoms with van der Waals surface area (Å²) in [5.74, 6) is -0.0382. The van der Waals surface area contributed by atoms with Crippen LogP contribution in [0.5, 0.6) is 0 Å². The van der Waals surface area contributed by atoms with E-state index in [-0.39, 0.29) is 11.9 Å². The molecule has 110 valence electrons. The van der Waals surface area contributed by atoms with Crippen LogP contribution in [0.15, 0.2) is 24.3 Å². The van der Waals surface area contributed by atoms with Gasteiger partial charge in [0.2, 0.25) is 11.0 Å². The average Bonchev–Trinajstić information content (AvgIpc) is 2.94. The van der Waals surface area contributed by atoms with Gasteiger partial charge in [-0.3, -0.25) is 10.1 Å². The fourth-order valence-corrected chi connectivity index (χ4v) is 3.30. The Hall–Kier alpha value is -1.79. The summed E-state index contributed by atoms with van der Waals surface area (Å²) in [4.78, 5) is 12.3. The highest BCUT2D eigenvalue weighted by Crippen LogP contribution is 2.19. The van der Waals surface area contributed by atoms with Gasteiger partial charge in [-0.15, -0.1) is 10.2 Å². The van der Waals surface area contributed by atoms with E-state index in [9.17, 15) is 4.79 Å². The van der Waals surface area contributed by atoms with E-state index < -0.39 is 0 Å². The number of anilines is 1. The zero-order chi connectivity index (χ0) is 14.7. The third-order valence-corrected chi connectivity index (χ3v) is 4.46. The van der Waals surface area contributed by atoms with Crippen LogP contribution in [0.4, 0.5) is 5.13 Å². The van der Waals surface area contributed by atoms with Crippen molar-refractivity contribution in [3.63, 3.8) is 0 Å². The number of hydrogen-bond donors (Lipinski definition) is 2. The van der Waals surface area contributed by atoms with Crippen LogP contribution in [0.25, 0.3) is 0 Å². The van der Waals surface area contributed by atoms with Crippen molar-refractivity contribution in [3.8, 4) is 0 Å². The minimum atomic E-state index is -0.210. The molecule has 2 N–H and O–H groups in total. The highest BCUT2D eigenvalue weighted by molar-refractivity contribution is 7.15. The Kier molecular flexibility index (Phi) is 4.26. The zero-order valence-electron chi connectivity index (χ0n) is 11.9. The van der Waals surface area contributed by atoms with Gasteiger partial charge in [-0.1, -0.05) is 42.5 Å². The summed E-state index contributed by atoms with van der Waals surface area (Å²) in [7, 11) is 0. The Morgan fingerprint density at radius 3 is 3.00 bits per heavy atom. The number of carbonyl (C=O) groups is 1. The molecular weight excluding hydrogens is 284 g/mol. The monoisotopic (exact) mass is 302 g/mol. The van der Waals surface area contributed by atoms with Gasteiger partial charge < -0.3 is 5.32 Å². The molecular formula is C15H18N4OS. The molecule has 1 aliphatic heterocycles. The van der Waals surface area contributed by atoms with E-state index in [4.69, 9.17) is 0 Å². The highest BCUT2D eigenvalue weighted by atomic mass is 32.1. The number of fused-ring (bicyclic) bond motifs is 1. The Balaban J connectivity index is 1.63. The lowest BCUT2D eigenvalue weighted by molar-refractivity contribution is -0.118. The fourth-order valence-electron chi connectivity index (χ4n) is 2.45.